The highest BCUT2D eigenvalue weighted by Gasteiger charge is 2.00. The zero-order valence-electron chi connectivity index (χ0n) is 7.50. The van der Waals surface area contributed by atoms with Crippen LogP contribution in [0.25, 0.3) is 0 Å². The van der Waals surface area contributed by atoms with Crippen LogP contribution in [0.1, 0.15) is 13.3 Å². The molecule has 13 heavy (non-hydrogen) atoms. The van der Waals surface area contributed by atoms with Gasteiger partial charge in [0.2, 0.25) is 0 Å². The fraction of sp³-hybridized carbons (Fsp3) is 0.333. The number of nitrogens with one attached hydrogen (secondary N) is 1. The van der Waals surface area contributed by atoms with Crippen LogP contribution < -0.4 is 5.32 Å². The average molecular weight is 242 g/mol. The van der Waals surface area contributed by atoms with Gasteiger partial charge in [-0.1, -0.05) is 6.08 Å². The monoisotopic (exact) mass is 241 g/mol. The minimum absolute atomic E-state index is 0.347. The Morgan fingerprint density at radius 2 is 2.46 bits per heavy atom. The predicted molar refractivity (Wildman–Crippen MR) is 57.6 cm³/mol. The maximum absolute atomic E-state index is 4.08. The smallest absolute Gasteiger partial charge is 0.130 e. The molecule has 0 spiro atoms. The molecule has 0 aliphatic heterocycles. The van der Waals surface area contributed by atoms with Gasteiger partial charge in [-0.25, -0.2) is 9.97 Å². The Kier molecular flexibility index (Phi) is 3.89. The topological polar surface area (TPSA) is 37.8 Å². The fourth-order valence-corrected chi connectivity index (χ4v) is 1.28. The second-order valence-corrected chi connectivity index (χ2v) is 3.61. The van der Waals surface area contributed by atoms with E-state index < -0.39 is 0 Å². The molecule has 1 aromatic rings. The van der Waals surface area contributed by atoms with Crippen LogP contribution in [-0.4, -0.2) is 16.0 Å². The molecule has 1 atom stereocenters. The Hall–Kier alpha value is -0.900. The van der Waals surface area contributed by atoms with Crippen LogP contribution in [0.4, 0.5) is 5.82 Å². The Morgan fingerprint density at radius 3 is 3.08 bits per heavy atom. The highest BCUT2D eigenvalue weighted by molar-refractivity contribution is 9.10. The van der Waals surface area contributed by atoms with Gasteiger partial charge in [0.15, 0.2) is 0 Å². The number of rotatable bonds is 4. The fourth-order valence-electron chi connectivity index (χ4n) is 0.974. The van der Waals surface area contributed by atoms with E-state index in [9.17, 15) is 0 Å². The Labute approximate surface area is 86.4 Å². The van der Waals surface area contributed by atoms with Gasteiger partial charge in [0, 0.05) is 12.1 Å². The van der Waals surface area contributed by atoms with Gasteiger partial charge >= 0.3 is 0 Å². The maximum Gasteiger partial charge on any atom is 0.130 e. The van der Waals surface area contributed by atoms with Crippen molar-refractivity contribution in [1.29, 1.82) is 0 Å². The van der Waals surface area contributed by atoms with Gasteiger partial charge in [-0.2, -0.15) is 0 Å². The zero-order chi connectivity index (χ0) is 9.68. The lowest BCUT2D eigenvalue weighted by atomic mass is 10.2. The van der Waals surface area contributed by atoms with Crippen molar-refractivity contribution in [2.24, 2.45) is 0 Å². The van der Waals surface area contributed by atoms with Crippen LogP contribution in [0.5, 0.6) is 0 Å². The molecule has 1 aromatic heterocycles. The Bertz CT molecular complexity index is 288. The summed E-state index contributed by atoms with van der Waals surface area (Å²) in [6.07, 6.45) is 4.32. The number of hydrogen-bond donors (Lipinski definition) is 1. The molecule has 0 saturated heterocycles. The van der Waals surface area contributed by atoms with Crippen molar-refractivity contribution in [2.45, 2.75) is 19.4 Å². The van der Waals surface area contributed by atoms with Gasteiger partial charge < -0.3 is 5.32 Å². The summed E-state index contributed by atoms with van der Waals surface area (Å²) in [7, 11) is 0. The standard InChI is InChI=1S/C9H12BrN3/c1-3-4-7(2)13-9-5-8(10)11-6-12-9/h3,5-7H,1,4H2,2H3,(H,11,12,13). The molecule has 1 heterocycles. The second-order valence-electron chi connectivity index (χ2n) is 2.80. The summed E-state index contributed by atoms with van der Waals surface area (Å²) in [6, 6.07) is 2.19. The lowest BCUT2D eigenvalue weighted by Crippen LogP contribution is -2.14. The van der Waals surface area contributed by atoms with Crippen molar-refractivity contribution in [3.63, 3.8) is 0 Å². The number of aromatic nitrogens is 2. The minimum Gasteiger partial charge on any atom is -0.367 e. The van der Waals surface area contributed by atoms with Crippen LogP contribution in [-0.2, 0) is 0 Å². The molecule has 0 aromatic carbocycles. The molecule has 0 bridgehead atoms. The van der Waals surface area contributed by atoms with Gasteiger partial charge in [0.25, 0.3) is 0 Å². The van der Waals surface area contributed by atoms with E-state index in [1.807, 2.05) is 12.1 Å². The van der Waals surface area contributed by atoms with Gasteiger partial charge in [0.05, 0.1) is 0 Å². The third kappa shape index (κ3) is 3.55. The predicted octanol–water partition coefficient (Wildman–Crippen LogP) is 2.62. The van der Waals surface area contributed by atoms with Gasteiger partial charge in [-0.3, -0.25) is 0 Å². The number of halogens is 1. The minimum atomic E-state index is 0.347. The summed E-state index contributed by atoms with van der Waals surface area (Å²) in [5, 5.41) is 3.23. The van der Waals surface area contributed by atoms with E-state index in [1.165, 1.54) is 6.33 Å². The highest BCUT2D eigenvalue weighted by Crippen LogP contribution is 2.11. The first-order valence-corrected chi connectivity index (χ1v) is 4.86. The second kappa shape index (κ2) is 4.97. The van der Waals surface area contributed by atoms with Gasteiger partial charge in [-0.15, -0.1) is 6.58 Å². The van der Waals surface area contributed by atoms with E-state index in [0.717, 1.165) is 16.8 Å². The van der Waals surface area contributed by atoms with Crippen LogP contribution in [0.15, 0.2) is 29.7 Å². The third-order valence-electron chi connectivity index (χ3n) is 1.55. The first kappa shape index (κ1) is 10.2. The van der Waals surface area contributed by atoms with Crippen LogP contribution in [0.2, 0.25) is 0 Å². The normalized spacial score (nSPS) is 12.2. The van der Waals surface area contributed by atoms with Crippen molar-refractivity contribution >= 4 is 21.7 Å². The first-order valence-electron chi connectivity index (χ1n) is 4.07. The van der Waals surface area contributed by atoms with Crippen molar-refractivity contribution in [3.8, 4) is 0 Å². The summed E-state index contributed by atoms with van der Waals surface area (Å²) in [4.78, 5) is 8.01. The van der Waals surface area contributed by atoms with Crippen LogP contribution >= 0.6 is 15.9 Å². The number of nitrogens with zero attached hydrogens (tertiary/aromatic N) is 2. The summed E-state index contributed by atoms with van der Waals surface area (Å²) in [6.45, 7) is 5.76. The third-order valence-corrected chi connectivity index (χ3v) is 1.98. The van der Waals surface area contributed by atoms with Crippen molar-refractivity contribution in [2.75, 3.05) is 5.32 Å². The molecule has 0 amide bonds. The molecule has 1 N–H and O–H groups in total. The lowest BCUT2D eigenvalue weighted by molar-refractivity contribution is 0.805. The Balaban J connectivity index is 2.58. The summed E-state index contributed by atoms with van der Waals surface area (Å²) >= 11 is 3.28. The summed E-state index contributed by atoms with van der Waals surface area (Å²) in [5.74, 6) is 0.830. The van der Waals surface area contributed by atoms with E-state index >= 15 is 0 Å². The van der Waals surface area contributed by atoms with Crippen molar-refractivity contribution < 1.29 is 0 Å². The van der Waals surface area contributed by atoms with Gasteiger partial charge in [-0.05, 0) is 29.3 Å². The SMILES string of the molecule is C=CCC(C)Nc1cc(Br)ncn1. The lowest BCUT2D eigenvalue weighted by Gasteiger charge is -2.11. The molecule has 1 unspecified atom stereocenters. The molecule has 4 heteroatoms. The van der Waals surface area contributed by atoms with E-state index in [0.29, 0.717) is 6.04 Å². The number of hydrogen-bond acceptors (Lipinski definition) is 3. The van der Waals surface area contributed by atoms with E-state index in [4.69, 9.17) is 0 Å². The highest BCUT2D eigenvalue weighted by atomic mass is 79.9. The molecule has 0 aliphatic carbocycles. The molecule has 1 rings (SSSR count). The van der Waals surface area contributed by atoms with Crippen molar-refractivity contribution in [3.05, 3.63) is 29.7 Å². The molecular formula is C9H12BrN3. The first-order chi connectivity index (χ1) is 6.22. The average Bonchev–Trinajstić information content (AvgIpc) is 2.04. The number of anilines is 1. The van der Waals surface area contributed by atoms with Crippen LogP contribution in [0, 0.1) is 0 Å². The summed E-state index contributed by atoms with van der Waals surface area (Å²) in [5.41, 5.74) is 0. The molecule has 70 valence electrons. The molecule has 3 nitrogen and oxygen atoms in total. The van der Waals surface area contributed by atoms with E-state index in [2.05, 4.69) is 44.7 Å². The molecular weight excluding hydrogens is 230 g/mol. The quantitative estimate of drug-likeness (QED) is 0.651. The van der Waals surface area contributed by atoms with Crippen molar-refractivity contribution in [1.82, 2.24) is 9.97 Å². The largest absolute Gasteiger partial charge is 0.367 e. The Morgan fingerprint density at radius 1 is 1.69 bits per heavy atom. The molecule has 0 fully saturated rings. The molecule has 0 aliphatic rings. The zero-order valence-corrected chi connectivity index (χ0v) is 9.08. The maximum atomic E-state index is 4.08. The van der Waals surface area contributed by atoms with E-state index in [-0.39, 0.29) is 0 Å². The van der Waals surface area contributed by atoms with Crippen LogP contribution in [0.3, 0.4) is 0 Å². The molecule has 0 saturated carbocycles. The summed E-state index contributed by atoms with van der Waals surface area (Å²) < 4.78 is 0.788. The van der Waals surface area contributed by atoms with Gasteiger partial charge in [0.1, 0.15) is 16.7 Å². The van der Waals surface area contributed by atoms with E-state index in [1.54, 1.807) is 0 Å². The molecule has 0 radical (unpaired) electrons.